The minimum Gasteiger partial charge on any atom is -0.495 e. The van der Waals surface area contributed by atoms with Gasteiger partial charge in [-0.15, -0.1) is 11.3 Å². The maximum Gasteiger partial charge on any atom is 0.264 e. The third-order valence-electron chi connectivity index (χ3n) is 5.79. The van der Waals surface area contributed by atoms with Crippen LogP contribution in [0.2, 0.25) is 0 Å². The number of benzene rings is 1. The van der Waals surface area contributed by atoms with Crippen LogP contribution in [0.5, 0.6) is 5.75 Å². The summed E-state index contributed by atoms with van der Waals surface area (Å²) in [5.41, 5.74) is 2.95. The second kappa shape index (κ2) is 8.69. The monoisotopic (exact) mass is 448 g/mol. The first kappa shape index (κ1) is 21.3. The highest BCUT2D eigenvalue weighted by atomic mass is 32.2. The third kappa shape index (κ3) is 4.55. The molecule has 0 bridgehead atoms. The first-order valence-corrected chi connectivity index (χ1v) is 13.0. The molecule has 1 fully saturated rings. The molecule has 0 unspecified atom stereocenters. The van der Waals surface area contributed by atoms with Gasteiger partial charge >= 0.3 is 0 Å². The van der Waals surface area contributed by atoms with Crippen molar-refractivity contribution in [3.63, 3.8) is 0 Å². The fourth-order valence-corrected chi connectivity index (χ4v) is 5.70. The van der Waals surface area contributed by atoms with Crippen LogP contribution in [0.25, 0.3) is 21.5 Å². The van der Waals surface area contributed by atoms with Crippen molar-refractivity contribution in [1.82, 2.24) is 9.55 Å². The highest BCUT2D eigenvalue weighted by Crippen LogP contribution is 2.39. The van der Waals surface area contributed by atoms with E-state index in [1.807, 2.05) is 19.1 Å². The molecule has 3 aromatic rings. The number of nitrogens with zero attached hydrogens (tertiary/aromatic N) is 2. The van der Waals surface area contributed by atoms with Gasteiger partial charge in [0.15, 0.2) is 0 Å². The van der Waals surface area contributed by atoms with Crippen LogP contribution in [0.15, 0.2) is 24.4 Å². The van der Waals surface area contributed by atoms with Crippen molar-refractivity contribution >= 4 is 32.4 Å². The Bertz CT molecular complexity index is 1140. The Morgan fingerprint density at radius 2 is 2.00 bits per heavy atom. The largest absolute Gasteiger partial charge is 0.495 e. The summed E-state index contributed by atoms with van der Waals surface area (Å²) in [4.78, 5) is 5.56. The van der Waals surface area contributed by atoms with Gasteiger partial charge < -0.3 is 9.30 Å². The summed E-state index contributed by atoms with van der Waals surface area (Å²) in [5.74, 6) is 1.55. The van der Waals surface area contributed by atoms with Gasteiger partial charge in [-0.25, -0.2) is 4.98 Å². The van der Waals surface area contributed by atoms with Gasteiger partial charge in [0.25, 0.3) is 10.1 Å². The number of rotatable bonds is 7. The van der Waals surface area contributed by atoms with Gasteiger partial charge in [0, 0.05) is 23.7 Å². The molecular weight excluding hydrogens is 420 g/mol. The lowest BCUT2D eigenvalue weighted by molar-refractivity contribution is 0.314. The molecule has 162 valence electrons. The number of aromatic nitrogens is 2. The average Bonchev–Trinajstić information content (AvgIpc) is 3.27. The number of methoxy groups -OCH3 is 1. The van der Waals surface area contributed by atoms with Gasteiger partial charge in [-0.05, 0) is 31.7 Å². The summed E-state index contributed by atoms with van der Waals surface area (Å²) in [6.07, 6.45) is 9.75. The molecule has 1 aliphatic rings. The van der Waals surface area contributed by atoms with Gasteiger partial charge in [0.2, 0.25) is 0 Å². The van der Waals surface area contributed by atoms with Crippen LogP contribution in [-0.4, -0.2) is 31.3 Å². The number of thiazole rings is 1. The van der Waals surface area contributed by atoms with Crippen molar-refractivity contribution in [2.45, 2.75) is 52.2 Å². The van der Waals surface area contributed by atoms with Gasteiger partial charge in [-0.3, -0.25) is 4.18 Å². The van der Waals surface area contributed by atoms with E-state index in [1.165, 1.54) is 43.4 Å². The molecule has 2 aromatic heterocycles. The standard InChI is InChI=1S/C22H28N2O4S2/c1-15-20(14-28-30(3,25)26)29-22(23-15)18-13-24(12-16-8-5-4-6-9-16)21-17(18)10-7-11-19(21)27-2/h7,10-11,13,16H,4-6,8-9,12,14H2,1-3H3. The summed E-state index contributed by atoms with van der Waals surface area (Å²) in [5, 5.41) is 1.98. The Balaban J connectivity index is 1.74. The van der Waals surface area contributed by atoms with Crippen molar-refractivity contribution in [1.29, 1.82) is 0 Å². The van der Waals surface area contributed by atoms with E-state index >= 15 is 0 Å². The highest BCUT2D eigenvalue weighted by molar-refractivity contribution is 7.85. The first-order chi connectivity index (χ1) is 14.4. The lowest BCUT2D eigenvalue weighted by Crippen LogP contribution is -2.13. The quantitative estimate of drug-likeness (QED) is 0.468. The molecule has 8 heteroatoms. The van der Waals surface area contributed by atoms with E-state index in [0.29, 0.717) is 5.92 Å². The molecule has 6 nitrogen and oxygen atoms in total. The maximum atomic E-state index is 11.4. The number of hydrogen-bond donors (Lipinski definition) is 0. The van der Waals surface area contributed by atoms with E-state index in [4.69, 9.17) is 13.9 Å². The Morgan fingerprint density at radius 1 is 1.23 bits per heavy atom. The molecule has 0 N–H and O–H groups in total. The zero-order valence-corrected chi connectivity index (χ0v) is 19.3. The number of para-hydroxylation sites is 1. The lowest BCUT2D eigenvalue weighted by atomic mass is 9.89. The summed E-state index contributed by atoms with van der Waals surface area (Å²) in [6, 6.07) is 6.11. The Labute approximate surface area is 182 Å². The topological polar surface area (TPSA) is 70.4 Å². The van der Waals surface area contributed by atoms with E-state index in [1.54, 1.807) is 7.11 Å². The van der Waals surface area contributed by atoms with Crippen LogP contribution in [0.4, 0.5) is 0 Å². The summed E-state index contributed by atoms with van der Waals surface area (Å²) >= 11 is 1.49. The Hall–Kier alpha value is -1.90. The SMILES string of the molecule is COc1cccc2c(-c3nc(C)c(COS(C)(=O)=O)s3)cn(CC3CCCCC3)c12. The van der Waals surface area contributed by atoms with E-state index in [0.717, 1.165) is 50.6 Å². The summed E-state index contributed by atoms with van der Waals surface area (Å²) < 4.78 is 35.8. The highest BCUT2D eigenvalue weighted by Gasteiger charge is 2.21. The van der Waals surface area contributed by atoms with Gasteiger partial charge in [-0.1, -0.05) is 31.4 Å². The molecule has 0 radical (unpaired) electrons. The van der Waals surface area contributed by atoms with Crippen LogP contribution in [0, 0.1) is 12.8 Å². The number of aryl methyl sites for hydroxylation is 1. The predicted molar refractivity (Wildman–Crippen MR) is 121 cm³/mol. The molecule has 0 saturated heterocycles. The van der Waals surface area contributed by atoms with E-state index in [2.05, 4.69) is 16.8 Å². The van der Waals surface area contributed by atoms with Gasteiger partial charge in [0.05, 0.1) is 29.5 Å². The van der Waals surface area contributed by atoms with Gasteiger partial charge in [-0.2, -0.15) is 8.42 Å². The minimum absolute atomic E-state index is 0.0202. The normalized spacial score (nSPS) is 15.7. The molecule has 1 aromatic carbocycles. The lowest BCUT2D eigenvalue weighted by Gasteiger charge is -2.22. The maximum absolute atomic E-state index is 11.4. The number of ether oxygens (including phenoxy) is 1. The second-order valence-electron chi connectivity index (χ2n) is 8.05. The van der Waals surface area contributed by atoms with E-state index < -0.39 is 10.1 Å². The molecule has 1 saturated carbocycles. The smallest absolute Gasteiger partial charge is 0.264 e. The molecule has 0 spiro atoms. The first-order valence-electron chi connectivity index (χ1n) is 10.3. The fourth-order valence-electron chi connectivity index (χ4n) is 4.29. The zero-order valence-electron chi connectivity index (χ0n) is 17.7. The van der Waals surface area contributed by atoms with Crippen molar-refractivity contribution in [2.75, 3.05) is 13.4 Å². The summed E-state index contributed by atoms with van der Waals surface area (Å²) in [6.45, 7) is 2.89. The minimum atomic E-state index is -3.49. The summed E-state index contributed by atoms with van der Waals surface area (Å²) in [7, 11) is -1.78. The van der Waals surface area contributed by atoms with Crippen LogP contribution in [0.1, 0.15) is 42.7 Å². The molecule has 0 atom stereocenters. The van der Waals surface area contributed by atoms with Crippen molar-refractivity contribution in [2.24, 2.45) is 5.92 Å². The molecule has 4 rings (SSSR count). The van der Waals surface area contributed by atoms with E-state index in [9.17, 15) is 8.42 Å². The fraction of sp³-hybridized carbons (Fsp3) is 0.500. The van der Waals surface area contributed by atoms with Crippen LogP contribution < -0.4 is 4.74 Å². The van der Waals surface area contributed by atoms with E-state index in [-0.39, 0.29) is 6.61 Å². The molecular formula is C22H28N2O4S2. The molecule has 0 aliphatic heterocycles. The predicted octanol–water partition coefficient (Wildman–Crippen LogP) is 5.14. The van der Waals surface area contributed by atoms with Crippen LogP contribution >= 0.6 is 11.3 Å². The third-order valence-corrected chi connectivity index (χ3v) is 7.50. The molecule has 1 aliphatic carbocycles. The number of fused-ring (bicyclic) bond motifs is 1. The molecule has 30 heavy (non-hydrogen) atoms. The van der Waals surface area contributed by atoms with Crippen LogP contribution in [0.3, 0.4) is 0 Å². The van der Waals surface area contributed by atoms with Crippen molar-refractivity contribution < 1.29 is 17.3 Å². The second-order valence-corrected chi connectivity index (χ2v) is 10.8. The molecule has 2 heterocycles. The average molecular weight is 449 g/mol. The zero-order chi connectivity index (χ0) is 21.3. The van der Waals surface area contributed by atoms with Gasteiger partial charge in [0.1, 0.15) is 17.4 Å². The Morgan fingerprint density at radius 3 is 2.70 bits per heavy atom. The number of hydrogen-bond acceptors (Lipinski definition) is 6. The van der Waals surface area contributed by atoms with Crippen LogP contribution in [-0.2, 0) is 27.5 Å². The van der Waals surface area contributed by atoms with Crippen molar-refractivity contribution in [3.05, 3.63) is 35.0 Å². The van der Waals surface area contributed by atoms with Crippen molar-refractivity contribution in [3.8, 4) is 16.3 Å². The molecule has 0 amide bonds. The Kier molecular flexibility index (Phi) is 6.18.